The van der Waals surface area contributed by atoms with Crippen molar-refractivity contribution < 1.29 is 22.7 Å². The quantitative estimate of drug-likeness (QED) is 0.462. The summed E-state index contributed by atoms with van der Waals surface area (Å²) in [6.45, 7) is 4.11. The summed E-state index contributed by atoms with van der Waals surface area (Å²) >= 11 is 5.85. The Bertz CT molecular complexity index is 1090. The van der Waals surface area contributed by atoms with Gasteiger partial charge in [0.25, 0.3) is 5.91 Å². The summed E-state index contributed by atoms with van der Waals surface area (Å²) in [6, 6.07) is 10.3. The second-order valence-electron chi connectivity index (χ2n) is 7.54. The molecule has 172 valence electrons. The van der Waals surface area contributed by atoms with E-state index in [0.29, 0.717) is 34.9 Å². The molecule has 0 bridgehead atoms. The van der Waals surface area contributed by atoms with Crippen LogP contribution >= 0.6 is 11.6 Å². The number of hydrazone groups is 1. The highest BCUT2D eigenvalue weighted by Gasteiger charge is 2.39. The molecule has 1 atom stereocenters. The van der Waals surface area contributed by atoms with Gasteiger partial charge in [-0.05, 0) is 74.7 Å². The molecule has 32 heavy (non-hydrogen) atoms. The van der Waals surface area contributed by atoms with Crippen LogP contribution in [0.2, 0.25) is 5.02 Å². The van der Waals surface area contributed by atoms with E-state index in [2.05, 4.69) is 10.5 Å². The first-order chi connectivity index (χ1) is 15.2. The van der Waals surface area contributed by atoms with Crippen LogP contribution in [0.5, 0.6) is 11.5 Å². The highest BCUT2D eigenvalue weighted by Crippen LogP contribution is 2.29. The molecule has 1 heterocycles. The highest BCUT2D eigenvalue weighted by atomic mass is 35.5. The molecule has 1 aliphatic rings. The van der Waals surface area contributed by atoms with Gasteiger partial charge in [-0.1, -0.05) is 11.6 Å². The zero-order valence-electron chi connectivity index (χ0n) is 18.1. The molecule has 10 heteroatoms. The van der Waals surface area contributed by atoms with Crippen molar-refractivity contribution in [3.8, 4) is 11.5 Å². The van der Waals surface area contributed by atoms with Crippen molar-refractivity contribution in [1.29, 1.82) is 0 Å². The third-order valence-corrected chi connectivity index (χ3v) is 7.04. The van der Waals surface area contributed by atoms with Crippen LogP contribution in [-0.2, 0) is 14.8 Å². The fourth-order valence-corrected chi connectivity index (χ4v) is 5.17. The minimum atomic E-state index is -3.82. The lowest BCUT2D eigenvalue weighted by atomic mass is 10.2. The van der Waals surface area contributed by atoms with Gasteiger partial charge in [0.05, 0.1) is 24.3 Å². The van der Waals surface area contributed by atoms with E-state index in [0.717, 1.165) is 0 Å². The third kappa shape index (κ3) is 5.59. The first kappa shape index (κ1) is 24.0. The highest BCUT2D eigenvalue weighted by molar-refractivity contribution is 7.89. The van der Waals surface area contributed by atoms with Crippen molar-refractivity contribution in [2.24, 2.45) is 5.10 Å². The smallest absolute Gasteiger partial charge is 0.258 e. The number of sulfonamides is 1. The lowest BCUT2D eigenvalue weighted by Gasteiger charge is -2.22. The molecule has 3 rings (SSSR count). The average molecular weight is 480 g/mol. The van der Waals surface area contributed by atoms with Crippen LogP contribution in [-0.4, -0.2) is 50.6 Å². The minimum Gasteiger partial charge on any atom is -0.493 e. The van der Waals surface area contributed by atoms with Gasteiger partial charge in [0.1, 0.15) is 6.04 Å². The van der Waals surface area contributed by atoms with E-state index in [1.54, 1.807) is 25.3 Å². The van der Waals surface area contributed by atoms with Gasteiger partial charge in [-0.3, -0.25) is 4.79 Å². The molecule has 1 aliphatic heterocycles. The molecular weight excluding hydrogens is 454 g/mol. The predicted molar refractivity (Wildman–Crippen MR) is 123 cm³/mol. The number of hydrogen-bond acceptors (Lipinski definition) is 6. The summed E-state index contributed by atoms with van der Waals surface area (Å²) in [5.74, 6) is 0.672. The molecule has 0 aliphatic carbocycles. The zero-order chi connectivity index (χ0) is 23.3. The second kappa shape index (κ2) is 10.3. The molecular formula is C22H26ClN3O5S. The molecule has 0 spiro atoms. The molecule has 0 radical (unpaired) electrons. The Balaban J connectivity index is 1.69. The maximum atomic E-state index is 13.0. The fraction of sp³-hybridized carbons (Fsp3) is 0.364. The molecule has 1 fully saturated rings. The number of ether oxygens (including phenoxy) is 2. The number of rotatable bonds is 8. The molecule has 1 amide bonds. The van der Waals surface area contributed by atoms with E-state index >= 15 is 0 Å². The molecule has 8 nitrogen and oxygen atoms in total. The monoisotopic (exact) mass is 479 g/mol. The number of methoxy groups -OCH3 is 1. The zero-order valence-corrected chi connectivity index (χ0v) is 19.7. The summed E-state index contributed by atoms with van der Waals surface area (Å²) in [6.07, 6.45) is 2.47. The van der Waals surface area contributed by atoms with Crippen LogP contribution < -0.4 is 14.9 Å². The third-order valence-electron chi connectivity index (χ3n) is 4.87. The number of nitrogens with one attached hydrogen (secondary N) is 1. The standard InChI is InChI=1S/C22H26ClN3O5S/c1-15(2)31-20-11-6-16(13-21(20)30-3)14-24-25-22(27)19-5-4-12-26(19)32(28,29)18-9-7-17(23)8-10-18/h6-11,13-15,19H,4-5,12H2,1-3H3,(H,25,27)/b24-14-/t19-/m0/s1. The van der Waals surface area contributed by atoms with E-state index in [1.165, 1.54) is 34.8 Å². The molecule has 0 saturated carbocycles. The normalized spacial score (nSPS) is 17.1. The van der Waals surface area contributed by atoms with Crippen molar-refractivity contribution in [2.45, 2.75) is 43.7 Å². The van der Waals surface area contributed by atoms with Gasteiger partial charge in [-0.25, -0.2) is 13.8 Å². The van der Waals surface area contributed by atoms with Crippen LogP contribution in [0.3, 0.4) is 0 Å². The molecule has 1 N–H and O–H groups in total. The number of carbonyl (C=O) groups excluding carboxylic acids is 1. The molecule has 2 aromatic rings. The van der Waals surface area contributed by atoms with E-state index in [1.807, 2.05) is 13.8 Å². The maximum Gasteiger partial charge on any atom is 0.258 e. The van der Waals surface area contributed by atoms with Crippen LogP contribution in [0.1, 0.15) is 32.3 Å². The van der Waals surface area contributed by atoms with Gasteiger partial charge in [0.15, 0.2) is 11.5 Å². The van der Waals surface area contributed by atoms with Gasteiger partial charge in [-0.2, -0.15) is 9.41 Å². The van der Waals surface area contributed by atoms with Crippen molar-refractivity contribution in [3.63, 3.8) is 0 Å². The lowest BCUT2D eigenvalue weighted by molar-refractivity contribution is -0.124. The number of benzene rings is 2. The Labute approximate surface area is 193 Å². The minimum absolute atomic E-state index is 0.00112. The Morgan fingerprint density at radius 3 is 2.59 bits per heavy atom. The Morgan fingerprint density at radius 1 is 1.22 bits per heavy atom. The maximum absolute atomic E-state index is 13.0. The molecule has 2 aromatic carbocycles. The van der Waals surface area contributed by atoms with Crippen LogP contribution in [0.15, 0.2) is 52.5 Å². The largest absolute Gasteiger partial charge is 0.493 e. The van der Waals surface area contributed by atoms with Gasteiger partial charge in [0.2, 0.25) is 10.0 Å². The second-order valence-corrected chi connectivity index (χ2v) is 9.87. The SMILES string of the molecule is COc1cc(/C=N\NC(=O)[C@@H]2CCCN2S(=O)(=O)c2ccc(Cl)cc2)ccc1OC(C)C. The fourth-order valence-electron chi connectivity index (χ4n) is 3.39. The van der Waals surface area contributed by atoms with Crippen molar-refractivity contribution in [2.75, 3.05) is 13.7 Å². The Hall–Kier alpha value is -2.62. The van der Waals surface area contributed by atoms with Crippen molar-refractivity contribution in [1.82, 2.24) is 9.73 Å². The number of halogens is 1. The van der Waals surface area contributed by atoms with E-state index in [4.69, 9.17) is 21.1 Å². The Kier molecular flexibility index (Phi) is 7.76. The summed E-state index contributed by atoms with van der Waals surface area (Å²) in [5.41, 5.74) is 3.14. The van der Waals surface area contributed by atoms with Gasteiger partial charge in [-0.15, -0.1) is 0 Å². The van der Waals surface area contributed by atoms with E-state index in [9.17, 15) is 13.2 Å². The predicted octanol–water partition coefficient (Wildman–Crippen LogP) is 3.44. The van der Waals surface area contributed by atoms with Crippen molar-refractivity contribution >= 4 is 33.7 Å². The van der Waals surface area contributed by atoms with Crippen LogP contribution in [0, 0.1) is 0 Å². The molecule has 0 aromatic heterocycles. The molecule has 1 saturated heterocycles. The van der Waals surface area contributed by atoms with E-state index in [-0.39, 0.29) is 17.5 Å². The number of nitrogens with zero attached hydrogens (tertiary/aromatic N) is 2. The van der Waals surface area contributed by atoms with Gasteiger partial charge < -0.3 is 9.47 Å². The number of hydrogen-bond donors (Lipinski definition) is 1. The summed E-state index contributed by atoms with van der Waals surface area (Å²) in [5, 5.41) is 4.43. The van der Waals surface area contributed by atoms with Crippen LogP contribution in [0.4, 0.5) is 0 Å². The first-order valence-electron chi connectivity index (χ1n) is 10.2. The van der Waals surface area contributed by atoms with Gasteiger partial charge in [0, 0.05) is 11.6 Å². The topological polar surface area (TPSA) is 97.3 Å². The van der Waals surface area contributed by atoms with Crippen LogP contribution in [0.25, 0.3) is 0 Å². The summed E-state index contributed by atoms with van der Waals surface area (Å²) in [4.78, 5) is 12.8. The Morgan fingerprint density at radius 2 is 1.94 bits per heavy atom. The van der Waals surface area contributed by atoms with Gasteiger partial charge >= 0.3 is 0 Å². The number of amides is 1. The van der Waals surface area contributed by atoms with E-state index < -0.39 is 22.0 Å². The average Bonchev–Trinajstić information content (AvgIpc) is 3.25. The summed E-state index contributed by atoms with van der Waals surface area (Å²) in [7, 11) is -2.28. The molecule has 0 unspecified atom stereocenters. The summed E-state index contributed by atoms with van der Waals surface area (Å²) < 4.78 is 38.2. The lowest BCUT2D eigenvalue weighted by Crippen LogP contribution is -2.44. The number of carbonyl (C=O) groups is 1. The van der Waals surface area contributed by atoms with Crippen molar-refractivity contribution in [3.05, 3.63) is 53.1 Å². The first-order valence-corrected chi connectivity index (χ1v) is 12.0.